The van der Waals surface area contributed by atoms with Gasteiger partial charge in [0.1, 0.15) is 0 Å². The average molecular weight is 228 g/mol. The Hall–Kier alpha value is -0.450. The first-order chi connectivity index (χ1) is 7.27. The highest BCUT2D eigenvalue weighted by molar-refractivity contribution is 7.09. The molecular formula is C11H20N2OS. The van der Waals surface area contributed by atoms with Gasteiger partial charge in [-0.1, -0.05) is 13.3 Å². The summed E-state index contributed by atoms with van der Waals surface area (Å²) in [6.07, 6.45) is 4.16. The van der Waals surface area contributed by atoms with Crippen LogP contribution < -0.4 is 5.73 Å². The smallest absolute Gasteiger partial charge is 0.0929 e. The highest BCUT2D eigenvalue weighted by Gasteiger charge is 2.09. The molecule has 0 aromatic carbocycles. The lowest BCUT2D eigenvalue weighted by Crippen LogP contribution is -2.10. The van der Waals surface area contributed by atoms with Crippen LogP contribution >= 0.6 is 11.3 Å². The maximum absolute atomic E-state index is 5.99. The van der Waals surface area contributed by atoms with Crippen LogP contribution in [0.15, 0.2) is 5.38 Å². The van der Waals surface area contributed by atoms with Crippen LogP contribution in [0.1, 0.15) is 42.9 Å². The fraction of sp³-hybridized carbons (Fsp3) is 0.727. The minimum Gasteiger partial charge on any atom is -0.385 e. The molecule has 2 N–H and O–H groups in total. The predicted octanol–water partition coefficient (Wildman–Crippen LogP) is 2.52. The van der Waals surface area contributed by atoms with E-state index in [0.717, 1.165) is 38.0 Å². The number of thiazole rings is 1. The Morgan fingerprint density at radius 2 is 2.40 bits per heavy atom. The summed E-state index contributed by atoms with van der Waals surface area (Å²) in [5, 5.41) is 3.26. The van der Waals surface area contributed by atoms with Crippen LogP contribution in [0.3, 0.4) is 0 Å². The highest BCUT2D eigenvalue weighted by Crippen LogP contribution is 2.19. The van der Waals surface area contributed by atoms with E-state index in [1.54, 1.807) is 18.4 Å². The third-order valence-electron chi connectivity index (χ3n) is 2.29. The standard InChI is InChI=1S/C11H20N2OS/c1-3-5-9(12)10-8-15-11(13-10)6-4-7-14-2/h8-9H,3-7,12H2,1-2H3. The average Bonchev–Trinajstić information content (AvgIpc) is 2.67. The summed E-state index contributed by atoms with van der Waals surface area (Å²) in [6, 6.07) is 0.113. The van der Waals surface area contributed by atoms with Crippen molar-refractivity contribution in [3.8, 4) is 0 Å². The molecule has 0 aliphatic heterocycles. The zero-order valence-corrected chi connectivity index (χ0v) is 10.3. The van der Waals surface area contributed by atoms with Crippen molar-refractivity contribution in [3.63, 3.8) is 0 Å². The second-order valence-corrected chi connectivity index (χ2v) is 4.60. The van der Waals surface area contributed by atoms with Gasteiger partial charge in [0.05, 0.1) is 10.7 Å². The molecule has 0 spiro atoms. The summed E-state index contributed by atoms with van der Waals surface area (Å²) in [7, 11) is 1.73. The van der Waals surface area contributed by atoms with Gasteiger partial charge in [-0.2, -0.15) is 0 Å². The van der Waals surface area contributed by atoms with Crippen LogP contribution in [0.5, 0.6) is 0 Å². The Morgan fingerprint density at radius 3 is 3.07 bits per heavy atom. The molecule has 4 heteroatoms. The van der Waals surface area contributed by atoms with E-state index in [-0.39, 0.29) is 6.04 Å². The number of aromatic nitrogens is 1. The van der Waals surface area contributed by atoms with Gasteiger partial charge < -0.3 is 10.5 Å². The summed E-state index contributed by atoms with van der Waals surface area (Å²) in [4.78, 5) is 4.54. The van der Waals surface area contributed by atoms with Gasteiger partial charge >= 0.3 is 0 Å². The van der Waals surface area contributed by atoms with Crippen LogP contribution in [0.25, 0.3) is 0 Å². The van der Waals surface area contributed by atoms with Crippen molar-refractivity contribution in [2.75, 3.05) is 13.7 Å². The number of ether oxygens (including phenoxy) is 1. The Labute approximate surface area is 95.7 Å². The number of hydrogen-bond acceptors (Lipinski definition) is 4. The van der Waals surface area contributed by atoms with Crippen LogP contribution in [0, 0.1) is 0 Å². The van der Waals surface area contributed by atoms with Crippen molar-refractivity contribution >= 4 is 11.3 Å². The van der Waals surface area contributed by atoms with Crippen molar-refractivity contribution in [2.24, 2.45) is 5.73 Å². The van der Waals surface area contributed by atoms with Crippen molar-refractivity contribution in [3.05, 3.63) is 16.1 Å². The van der Waals surface area contributed by atoms with Gasteiger partial charge in [0.2, 0.25) is 0 Å². The van der Waals surface area contributed by atoms with Gasteiger partial charge in [-0.25, -0.2) is 4.98 Å². The normalized spacial score (nSPS) is 13.0. The van der Waals surface area contributed by atoms with E-state index in [4.69, 9.17) is 10.5 Å². The van der Waals surface area contributed by atoms with Gasteiger partial charge in [-0.05, 0) is 12.8 Å². The largest absolute Gasteiger partial charge is 0.385 e. The van der Waals surface area contributed by atoms with Gasteiger partial charge in [-0.3, -0.25) is 0 Å². The van der Waals surface area contributed by atoms with E-state index in [2.05, 4.69) is 17.3 Å². The van der Waals surface area contributed by atoms with Gasteiger partial charge in [0, 0.05) is 31.6 Å². The third kappa shape index (κ3) is 4.28. The molecular weight excluding hydrogens is 208 g/mol. The molecule has 1 aromatic heterocycles. The van der Waals surface area contributed by atoms with Gasteiger partial charge in [-0.15, -0.1) is 11.3 Å². The fourth-order valence-corrected chi connectivity index (χ4v) is 2.34. The van der Waals surface area contributed by atoms with Crippen molar-refractivity contribution in [1.82, 2.24) is 4.98 Å². The van der Waals surface area contributed by atoms with E-state index < -0.39 is 0 Å². The molecule has 1 aromatic rings. The van der Waals surface area contributed by atoms with Crippen LogP contribution in [0.4, 0.5) is 0 Å². The minimum atomic E-state index is 0.113. The Balaban J connectivity index is 2.41. The number of hydrogen-bond donors (Lipinski definition) is 1. The van der Waals surface area contributed by atoms with Crippen LogP contribution in [0.2, 0.25) is 0 Å². The lowest BCUT2D eigenvalue weighted by molar-refractivity contribution is 0.195. The lowest BCUT2D eigenvalue weighted by atomic mass is 10.1. The Kier molecular flexibility index (Phi) is 5.83. The molecule has 0 saturated carbocycles. The quantitative estimate of drug-likeness (QED) is 0.729. The number of rotatable bonds is 7. The summed E-state index contributed by atoms with van der Waals surface area (Å²) in [6.45, 7) is 2.95. The molecule has 86 valence electrons. The minimum absolute atomic E-state index is 0.113. The summed E-state index contributed by atoms with van der Waals surface area (Å²) in [5.41, 5.74) is 7.04. The number of nitrogens with two attached hydrogens (primary N) is 1. The predicted molar refractivity (Wildman–Crippen MR) is 64.1 cm³/mol. The summed E-state index contributed by atoms with van der Waals surface area (Å²) < 4.78 is 5.01. The monoisotopic (exact) mass is 228 g/mol. The Morgan fingerprint density at radius 1 is 1.60 bits per heavy atom. The summed E-state index contributed by atoms with van der Waals surface area (Å²) >= 11 is 1.71. The highest BCUT2D eigenvalue weighted by atomic mass is 32.1. The third-order valence-corrected chi connectivity index (χ3v) is 3.22. The van der Waals surface area contributed by atoms with E-state index in [0.29, 0.717) is 0 Å². The molecule has 0 saturated heterocycles. The molecule has 1 unspecified atom stereocenters. The fourth-order valence-electron chi connectivity index (χ4n) is 1.44. The van der Waals surface area contributed by atoms with Crippen molar-refractivity contribution < 1.29 is 4.74 Å². The molecule has 1 atom stereocenters. The van der Waals surface area contributed by atoms with E-state index in [1.807, 2.05) is 0 Å². The second-order valence-electron chi connectivity index (χ2n) is 3.66. The van der Waals surface area contributed by atoms with E-state index in [9.17, 15) is 0 Å². The molecule has 0 aliphatic carbocycles. The molecule has 0 amide bonds. The maximum Gasteiger partial charge on any atom is 0.0929 e. The molecule has 0 radical (unpaired) electrons. The molecule has 1 heterocycles. The molecule has 0 fully saturated rings. The van der Waals surface area contributed by atoms with Crippen LogP contribution in [-0.2, 0) is 11.2 Å². The van der Waals surface area contributed by atoms with Crippen molar-refractivity contribution in [2.45, 2.75) is 38.6 Å². The number of nitrogens with zero attached hydrogens (tertiary/aromatic N) is 1. The van der Waals surface area contributed by atoms with Crippen LogP contribution in [-0.4, -0.2) is 18.7 Å². The zero-order chi connectivity index (χ0) is 11.1. The molecule has 3 nitrogen and oxygen atoms in total. The molecule has 15 heavy (non-hydrogen) atoms. The Bertz CT molecular complexity index is 275. The van der Waals surface area contributed by atoms with Gasteiger partial charge in [0.25, 0.3) is 0 Å². The van der Waals surface area contributed by atoms with Gasteiger partial charge in [0.15, 0.2) is 0 Å². The lowest BCUT2D eigenvalue weighted by Gasteiger charge is -2.05. The number of methoxy groups -OCH3 is 1. The molecule has 0 bridgehead atoms. The first-order valence-corrected chi connectivity index (χ1v) is 6.34. The first-order valence-electron chi connectivity index (χ1n) is 5.46. The second kappa shape index (κ2) is 6.93. The molecule has 1 rings (SSSR count). The maximum atomic E-state index is 5.99. The number of aryl methyl sites for hydroxylation is 1. The SMILES string of the molecule is CCCC(N)c1csc(CCCOC)n1. The van der Waals surface area contributed by atoms with E-state index >= 15 is 0 Å². The van der Waals surface area contributed by atoms with Crippen molar-refractivity contribution in [1.29, 1.82) is 0 Å². The topological polar surface area (TPSA) is 48.1 Å². The van der Waals surface area contributed by atoms with E-state index in [1.165, 1.54) is 5.01 Å². The summed E-state index contributed by atoms with van der Waals surface area (Å²) in [5.74, 6) is 0. The first kappa shape index (κ1) is 12.6. The zero-order valence-electron chi connectivity index (χ0n) is 9.53. The molecule has 0 aliphatic rings.